The molecule has 0 radical (unpaired) electrons. The fraction of sp³-hybridized carbons (Fsp3) is 0.182. The highest BCUT2D eigenvalue weighted by atomic mass is 16.6. The van der Waals surface area contributed by atoms with E-state index in [9.17, 15) is 10.2 Å². The monoisotopic (exact) mass is 374 g/mol. The molecular weight excluding hydrogens is 350 g/mol. The summed E-state index contributed by atoms with van der Waals surface area (Å²) >= 11 is 0. The van der Waals surface area contributed by atoms with Gasteiger partial charge in [0.25, 0.3) is 0 Å². The molecule has 0 aliphatic rings. The van der Waals surface area contributed by atoms with Crippen LogP contribution in [0, 0.1) is 0 Å². The van der Waals surface area contributed by atoms with Gasteiger partial charge >= 0.3 is 7.12 Å². The van der Waals surface area contributed by atoms with E-state index in [0.717, 1.165) is 33.2 Å². The predicted octanol–water partition coefficient (Wildman–Crippen LogP) is 1.77. The average molecular weight is 374 g/mol. The summed E-state index contributed by atoms with van der Waals surface area (Å²) in [7, 11) is 2.90. The summed E-state index contributed by atoms with van der Waals surface area (Å²) in [5.74, 6) is 0. The van der Waals surface area contributed by atoms with E-state index in [4.69, 9.17) is 9.31 Å². The molecule has 6 heteroatoms. The van der Waals surface area contributed by atoms with Gasteiger partial charge in [-0.05, 0) is 27.7 Å². The van der Waals surface area contributed by atoms with Gasteiger partial charge in [0.2, 0.25) is 6.71 Å². The molecule has 28 heavy (non-hydrogen) atoms. The maximum absolute atomic E-state index is 9.31. The lowest BCUT2D eigenvalue weighted by Gasteiger charge is -2.11. The van der Waals surface area contributed by atoms with Crippen molar-refractivity contribution in [3.63, 3.8) is 0 Å². The molecule has 0 aromatic heterocycles. The zero-order chi connectivity index (χ0) is 19.9. The first-order valence-electron chi connectivity index (χ1n) is 9.28. The number of hydrogen-bond acceptors (Lipinski definition) is 4. The molecule has 0 saturated carbocycles. The summed E-state index contributed by atoms with van der Waals surface area (Å²) in [4.78, 5) is 0. The molecule has 2 N–H and O–H groups in total. The molecule has 3 rings (SSSR count). The molecule has 0 saturated heterocycles. The Kier molecular flexibility index (Phi) is 7.06. The van der Waals surface area contributed by atoms with Crippen molar-refractivity contribution in [2.45, 2.75) is 0 Å². The van der Waals surface area contributed by atoms with Crippen molar-refractivity contribution in [1.29, 1.82) is 0 Å². The molecule has 3 aromatic rings. The third kappa shape index (κ3) is 4.54. The van der Waals surface area contributed by atoms with Crippen LogP contribution in [0.2, 0.25) is 0 Å². The number of aliphatic hydroxyl groups is 2. The van der Waals surface area contributed by atoms with E-state index in [1.54, 1.807) is 14.2 Å². The quantitative estimate of drug-likeness (QED) is 0.591. The minimum absolute atomic E-state index is 0.0567. The number of aliphatic hydroxyl groups excluding tert-OH is 2. The lowest BCUT2D eigenvalue weighted by molar-refractivity contribution is 0.292. The van der Waals surface area contributed by atoms with Crippen LogP contribution in [0.15, 0.2) is 72.8 Å². The summed E-state index contributed by atoms with van der Waals surface area (Å²) in [5, 5.41) is 18.6. The largest absolute Gasteiger partial charge is 0.493 e. The molecule has 0 aliphatic heterocycles. The van der Waals surface area contributed by atoms with Gasteiger partial charge in [-0.2, -0.15) is 0 Å². The summed E-state index contributed by atoms with van der Waals surface area (Å²) < 4.78 is 10.6. The van der Waals surface area contributed by atoms with Gasteiger partial charge in [0, 0.05) is 27.2 Å². The normalized spacial score (nSPS) is 10.7. The Labute approximate surface area is 167 Å². The molecule has 3 aromatic carbocycles. The molecule has 0 unspecified atom stereocenters. The van der Waals surface area contributed by atoms with Crippen molar-refractivity contribution in [3.05, 3.63) is 72.8 Å². The molecular formula is C22H24B2O4. The van der Waals surface area contributed by atoms with Crippen molar-refractivity contribution in [3.8, 4) is 22.3 Å². The van der Waals surface area contributed by atoms with Gasteiger partial charge in [0.15, 0.2) is 0 Å². The lowest BCUT2D eigenvalue weighted by atomic mass is 9.46. The van der Waals surface area contributed by atoms with Crippen LogP contribution in [0.1, 0.15) is 0 Å². The van der Waals surface area contributed by atoms with Crippen LogP contribution >= 0.6 is 0 Å². The minimum Gasteiger partial charge on any atom is -0.410 e. The number of rotatable bonds is 8. The first-order valence-corrected chi connectivity index (χ1v) is 9.28. The highest BCUT2D eigenvalue weighted by Gasteiger charge is 2.17. The van der Waals surface area contributed by atoms with Crippen LogP contribution in [0.4, 0.5) is 0 Å². The molecule has 0 bridgehead atoms. The van der Waals surface area contributed by atoms with Crippen molar-refractivity contribution in [2.75, 3.05) is 27.2 Å². The van der Waals surface area contributed by atoms with Crippen LogP contribution in [0.5, 0.6) is 0 Å². The predicted molar refractivity (Wildman–Crippen MR) is 116 cm³/mol. The standard InChI is InChI=1S/C22H24B2O4/c1-27-24(28-2)22-13-9-20(10-14-22)18-5-3-17(4-6-18)19-7-11-21(12-8-19)23(15-25)16-26/h3-14,25-26H,15-16H2,1-2H3. The van der Waals surface area contributed by atoms with E-state index >= 15 is 0 Å². The van der Waals surface area contributed by atoms with Crippen LogP contribution < -0.4 is 10.9 Å². The third-order valence-electron chi connectivity index (χ3n) is 4.99. The maximum Gasteiger partial charge on any atom is 0.493 e. The maximum atomic E-state index is 9.31. The zero-order valence-corrected chi connectivity index (χ0v) is 16.2. The Balaban J connectivity index is 1.76. The van der Waals surface area contributed by atoms with Crippen molar-refractivity contribution >= 4 is 24.8 Å². The van der Waals surface area contributed by atoms with Gasteiger partial charge in [-0.1, -0.05) is 78.3 Å². The summed E-state index contributed by atoms with van der Waals surface area (Å²) in [6, 6.07) is 24.5. The van der Waals surface area contributed by atoms with Gasteiger partial charge < -0.3 is 19.5 Å². The van der Waals surface area contributed by atoms with Crippen molar-refractivity contribution in [2.24, 2.45) is 0 Å². The first-order chi connectivity index (χ1) is 13.7. The second-order valence-corrected chi connectivity index (χ2v) is 6.69. The van der Waals surface area contributed by atoms with Gasteiger partial charge in [-0.3, -0.25) is 0 Å². The van der Waals surface area contributed by atoms with E-state index < -0.39 is 0 Å². The zero-order valence-electron chi connectivity index (χ0n) is 16.2. The van der Waals surface area contributed by atoms with E-state index in [1.807, 2.05) is 36.4 Å². The van der Waals surface area contributed by atoms with E-state index in [1.165, 1.54) is 0 Å². The van der Waals surface area contributed by atoms with Crippen LogP contribution in [0.3, 0.4) is 0 Å². The number of hydrogen-bond donors (Lipinski definition) is 2. The van der Waals surface area contributed by atoms with Gasteiger partial charge in [0.05, 0.1) is 0 Å². The molecule has 0 amide bonds. The van der Waals surface area contributed by atoms with Gasteiger partial charge in [-0.25, -0.2) is 0 Å². The Morgan fingerprint density at radius 1 is 0.571 bits per heavy atom. The third-order valence-corrected chi connectivity index (χ3v) is 4.99. The SMILES string of the molecule is COB(OC)c1ccc(-c2ccc(-c3ccc(B(CO)CO)cc3)cc2)cc1. The lowest BCUT2D eigenvalue weighted by Crippen LogP contribution is -2.38. The van der Waals surface area contributed by atoms with Gasteiger partial charge in [-0.15, -0.1) is 0 Å². The molecule has 0 spiro atoms. The Bertz CT molecular complexity index is 782. The fourth-order valence-corrected chi connectivity index (χ4v) is 3.27. The smallest absolute Gasteiger partial charge is 0.410 e. The minimum atomic E-state index is -0.351. The van der Waals surface area contributed by atoms with Crippen LogP contribution in [-0.2, 0) is 9.31 Å². The van der Waals surface area contributed by atoms with E-state index in [0.29, 0.717) is 0 Å². The van der Waals surface area contributed by atoms with Crippen LogP contribution in [0.25, 0.3) is 22.3 Å². The Morgan fingerprint density at radius 2 is 0.893 bits per heavy atom. The van der Waals surface area contributed by atoms with E-state index in [-0.39, 0.29) is 26.8 Å². The molecule has 0 heterocycles. The topological polar surface area (TPSA) is 58.9 Å². The molecule has 4 nitrogen and oxygen atoms in total. The summed E-state index contributed by atoms with van der Waals surface area (Å²) in [6.45, 7) is -0.340. The number of benzene rings is 3. The Morgan fingerprint density at radius 3 is 1.21 bits per heavy atom. The second-order valence-electron chi connectivity index (χ2n) is 6.69. The van der Waals surface area contributed by atoms with Crippen molar-refractivity contribution < 1.29 is 19.5 Å². The second kappa shape index (κ2) is 9.71. The van der Waals surface area contributed by atoms with E-state index in [2.05, 4.69) is 36.4 Å². The summed E-state index contributed by atoms with van der Waals surface area (Å²) in [5.41, 5.74) is 6.41. The van der Waals surface area contributed by atoms with Crippen LogP contribution in [-0.4, -0.2) is 51.3 Å². The highest BCUT2D eigenvalue weighted by Crippen LogP contribution is 2.24. The molecule has 142 valence electrons. The molecule has 0 atom stereocenters. The fourth-order valence-electron chi connectivity index (χ4n) is 3.27. The molecule has 0 fully saturated rings. The molecule has 0 aliphatic carbocycles. The Hall–Kier alpha value is -2.37. The highest BCUT2D eigenvalue weighted by molar-refractivity contribution is 6.73. The first kappa shape index (κ1) is 20.4. The van der Waals surface area contributed by atoms with Gasteiger partial charge in [0.1, 0.15) is 0 Å². The average Bonchev–Trinajstić information content (AvgIpc) is 2.77. The summed E-state index contributed by atoms with van der Waals surface area (Å²) in [6.07, 6.45) is 0. The van der Waals surface area contributed by atoms with Crippen molar-refractivity contribution in [1.82, 2.24) is 0 Å².